The number of nitrogens with zero attached hydrogens (tertiary/aromatic N) is 1. The van der Waals surface area contributed by atoms with Crippen molar-refractivity contribution in [3.05, 3.63) is 94.2 Å². The number of benzene rings is 2. The van der Waals surface area contributed by atoms with Crippen LogP contribution in [-0.4, -0.2) is 21.7 Å². The van der Waals surface area contributed by atoms with Crippen LogP contribution in [0.5, 0.6) is 0 Å². The number of carbonyl (C=O) groups is 1. The smallest absolute Gasteiger partial charge is 0.267 e. The van der Waals surface area contributed by atoms with Gasteiger partial charge in [-0.05, 0) is 70.2 Å². The molecule has 4 rings (SSSR count). The van der Waals surface area contributed by atoms with Crippen molar-refractivity contribution in [2.45, 2.75) is 45.2 Å². The van der Waals surface area contributed by atoms with Crippen molar-refractivity contribution < 1.29 is 18.7 Å². The lowest BCUT2D eigenvalue weighted by Gasteiger charge is -2.30. The molecule has 3 aromatic rings. The van der Waals surface area contributed by atoms with Crippen molar-refractivity contribution in [3.8, 4) is 5.69 Å². The second kappa shape index (κ2) is 8.00. The summed E-state index contributed by atoms with van der Waals surface area (Å²) in [6.45, 7) is 7.56. The van der Waals surface area contributed by atoms with Gasteiger partial charge in [0.25, 0.3) is 11.5 Å². The molecule has 0 saturated carbocycles. The van der Waals surface area contributed by atoms with Crippen molar-refractivity contribution in [2.75, 3.05) is 5.32 Å². The number of ether oxygens (including phenoxy) is 2. The highest BCUT2D eigenvalue weighted by Crippen LogP contribution is 2.45. The molecule has 166 valence electrons. The van der Waals surface area contributed by atoms with Gasteiger partial charge in [0.1, 0.15) is 11.4 Å². The average Bonchev–Trinajstić information content (AvgIpc) is 2.95. The Morgan fingerprint density at radius 1 is 0.969 bits per heavy atom. The Morgan fingerprint density at radius 2 is 1.62 bits per heavy atom. The van der Waals surface area contributed by atoms with Gasteiger partial charge in [0.2, 0.25) is 0 Å². The highest BCUT2D eigenvalue weighted by molar-refractivity contribution is 6.04. The van der Waals surface area contributed by atoms with E-state index < -0.39 is 34.8 Å². The number of hydrogen-bond acceptors (Lipinski definition) is 4. The molecule has 1 aliphatic rings. The largest absolute Gasteiger partial charge is 0.339 e. The highest BCUT2D eigenvalue weighted by atomic mass is 19.1. The predicted octanol–water partition coefficient (Wildman–Crippen LogP) is 4.83. The monoisotopic (exact) mass is 436 g/mol. The van der Waals surface area contributed by atoms with E-state index in [0.29, 0.717) is 5.69 Å². The standard InChI is InChI=1S/C25H25FN2O4/c1-24(2)25(3,4)32-23(31-24)18-13-12-16(15-20(18)26)27-21(29)19-11-8-14-28(22(19)30)17-9-6-5-7-10-17/h5-15,23H,1-4H3,(H,27,29). The number of para-hydroxylation sites is 1. The van der Waals surface area contributed by atoms with E-state index in [4.69, 9.17) is 9.47 Å². The molecule has 0 aliphatic carbocycles. The van der Waals surface area contributed by atoms with Crippen LogP contribution >= 0.6 is 0 Å². The van der Waals surface area contributed by atoms with Crippen LogP contribution in [0.3, 0.4) is 0 Å². The number of pyridine rings is 1. The second-order valence-corrected chi connectivity index (χ2v) is 8.71. The predicted molar refractivity (Wildman–Crippen MR) is 119 cm³/mol. The lowest BCUT2D eigenvalue weighted by molar-refractivity contribution is -0.0914. The molecule has 0 bridgehead atoms. The summed E-state index contributed by atoms with van der Waals surface area (Å²) in [5.74, 6) is -1.20. The fourth-order valence-electron chi connectivity index (χ4n) is 3.42. The number of nitrogens with one attached hydrogen (secondary N) is 1. The molecule has 32 heavy (non-hydrogen) atoms. The summed E-state index contributed by atoms with van der Waals surface area (Å²) in [5, 5.41) is 2.59. The Labute approximate surface area is 185 Å². The van der Waals surface area contributed by atoms with Gasteiger partial charge < -0.3 is 14.8 Å². The van der Waals surface area contributed by atoms with E-state index in [9.17, 15) is 14.0 Å². The van der Waals surface area contributed by atoms with E-state index in [0.717, 1.165) is 0 Å². The maximum absolute atomic E-state index is 14.8. The first kappa shape index (κ1) is 21.9. The molecule has 1 N–H and O–H groups in total. The molecular weight excluding hydrogens is 411 g/mol. The summed E-state index contributed by atoms with van der Waals surface area (Å²) < 4.78 is 28.0. The van der Waals surface area contributed by atoms with Crippen LogP contribution < -0.4 is 10.9 Å². The summed E-state index contributed by atoms with van der Waals surface area (Å²) >= 11 is 0. The Morgan fingerprint density at radius 3 is 2.25 bits per heavy atom. The molecular formula is C25H25FN2O4. The summed E-state index contributed by atoms with van der Waals surface area (Å²) in [4.78, 5) is 25.6. The van der Waals surface area contributed by atoms with Gasteiger partial charge in [-0.1, -0.05) is 18.2 Å². The van der Waals surface area contributed by atoms with Gasteiger partial charge in [0.05, 0.1) is 11.2 Å². The Hall–Kier alpha value is -3.29. The van der Waals surface area contributed by atoms with Gasteiger partial charge in [-0.25, -0.2) is 4.39 Å². The van der Waals surface area contributed by atoms with Gasteiger partial charge in [-0.3, -0.25) is 14.2 Å². The molecule has 0 spiro atoms. The number of aromatic nitrogens is 1. The van der Waals surface area contributed by atoms with E-state index in [1.54, 1.807) is 42.6 Å². The topological polar surface area (TPSA) is 69.6 Å². The molecule has 1 aromatic heterocycles. The number of anilines is 1. The Kier molecular flexibility index (Phi) is 5.48. The summed E-state index contributed by atoms with van der Waals surface area (Å²) in [5.41, 5.74) is -0.594. The molecule has 0 radical (unpaired) electrons. The van der Waals surface area contributed by atoms with Crippen LogP contribution in [0.4, 0.5) is 10.1 Å². The van der Waals surface area contributed by atoms with Crippen LogP contribution in [0, 0.1) is 5.82 Å². The van der Waals surface area contributed by atoms with Crippen LogP contribution in [0.15, 0.2) is 71.7 Å². The van der Waals surface area contributed by atoms with Crippen molar-refractivity contribution in [1.82, 2.24) is 4.57 Å². The van der Waals surface area contributed by atoms with Gasteiger partial charge in [0.15, 0.2) is 6.29 Å². The van der Waals surface area contributed by atoms with Gasteiger partial charge in [-0.15, -0.1) is 0 Å². The molecule has 0 unspecified atom stereocenters. The lowest BCUT2D eigenvalue weighted by atomic mass is 9.90. The number of rotatable bonds is 4. The first-order valence-corrected chi connectivity index (χ1v) is 10.3. The van der Waals surface area contributed by atoms with Gasteiger partial charge >= 0.3 is 0 Å². The normalized spacial score (nSPS) is 17.3. The van der Waals surface area contributed by atoms with Crippen LogP contribution in [0.1, 0.15) is 49.9 Å². The number of amides is 1. The SMILES string of the molecule is CC1(C)OC(c2ccc(NC(=O)c3cccn(-c4ccccc4)c3=O)cc2F)OC1(C)C. The minimum absolute atomic E-state index is 0.0493. The summed E-state index contributed by atoms with van der Waals surface area (Å²) in [6, 6.07) is 16.3. The van der Waals surface area contributed by atoms with E-state index >= 15 is 0 Å². The van der Waals surface area contributed by atoms with E-state index in [2.05, 4.69) is 5.32 Å². The summed E-state index contributed by atoms with van der Waals surface area (Å²) in [6.07, 6.45) is 0.741. The number of carbonyl (C=O) groups excluding carboxylic acids is 1. The molecule has 1 aliphatic heterocycles. The zero-order chi connectivity index (χ0) is 23.1. The number of halogens is 1. The Balaban J connectivity index is 1.55. The lowest BCUT2D eigenvalue weighted by Crippen LogP contribution is -2.41. The number of hydrogen-bond donors (Lipinski definition) is 1. The molecule has 2 aromatic carbocycles. The molecule has 1 saturated heterocycles. The Bertz CT molecular complexity index is 1200. The van der Waals surface area contributed by atoms with Crippen molar-refractivity contribution in [2.24, 2.45) is 0 Å². The highest BCUT2D eigenvalue weighted by Gasteiger charge is 2.50. The van der Waals surface area contributed by atoms with E-state index in [-0.39, 0.29) is 16.8 Å². The average molecular weight is 436 g/mol. The molecule has 1 fully saturated rings. The van der Waals surface area contributed by atoms with Crippen molar-refractivity contribution >= 4 is 11.6 Å². The first-order valence-electron chi connectivity index (χ1n) is 10.3. The van der Waals surface area contributed by atoms with E-state index in [1.165, 1.54) is 22.8 Å². The van der Waals surface area contributed by atoms with Gasteiger partial charge in [-0.2, -0.15) is 0 Å². The third-order valence-corrected chi connectivity index (χ3v) is 5.99. The van der Waals surface area contributed by atoms with Crippen LogP contribution in [0.25, 0.3) is 5.69 Å². The van der Waals surface area contributed by atoms with E-state index in [1.807, 2.05) is 33.8 Å². The summed E-state index contributed by atoms with van der Waals surface area (Å²) in [7, 11) is 0. The maximum Gasteiger partial charge on any atom is 0.267 e. The maximum atomic E-state index is 14.8. The zero-order valence-corrected chi connectivity index (χ0v) is 18.4. The zero-order valence-electron chi connectivity index (χ0n) is 18.4. The quantitative estimate of drug-likeness (QED) is 0.636. The fraction of sp³-hybridized carbons (Fsp3) is 0.280. The molecule has 7 heteroatoms. The fourth-order valence-corrected chi connectivity index (χ4v) is 3.42. The minimum atomic E-state index is -0.850. The second-order valence-electron chi connectivity index (χ2n) is 8.71. The van der Waals surface area contributed by atoms with Crippen molar-refractivity contribution in [3.63, 3.8) is 0 Å². The van der Waals surface area contributed by atoms with Crippen LogP contribution in [-0.2, 0) is 9.47 Å². The van der Waals surface area contributed by atoms with Gasteiger partial charge in [0, 0.05) is 23.1 Å². The molecule has 6 nitrogen and oxygen atoms in total. The molecule has 2 heterocycles. The third-order valence-electron chi connectivity index (χ3n) is 5.99. The molecule has 1 amide bonds. The third kappa shape index (κ3) is 3.97. The van der Waals surface area contributed by atoms with Crippen LogP contribution in [0.2, 0.25) is 0 Å². The molecule has 0 atom stereocenters. The minimum Gasteiger partial charge on any atom is -0.339 e. The first-order chi connectivity index (χ1) is 15.1. The van der Waals surface area contributed by atoms with Crippen molar-refractivity contribution in [1.29, 1.82) is 0 Å².